The first-order valence-electron chi connectivity index (χ1n) is 9.87. The second-order valence-corrected chi connectivity index (χ2v) is 8.91. The molecule has 4 nitrogen and oxygen atoms in total. The van der Waals surface area contributed by atoms with Crippen LogP contribution in [-0.4, -0.2) is 12.4 Å². The zero-order chi connectivity index (χ0) is 21.3. The Bertz CT molecular complexity index is 1360. The van der Waals surface area contributed by atoms with Gasteiger partial charge in [-0.2, -0.15) is 0 Å². The Labute approximate surface area is 181 Å². The molecule has 5 aromatic rings. The van der Waals surface area contributed by atoms with Crippen molar-refractivity contribution in [2.24, 2.45) is 0 Å². The molecule has 0 amide bonds. The van der Waals surface area contributed by atoms with Crippen LogP contribution in [0.5, 0.6) is 0 Å². The van der Waals surface area contributed by atoms with Gasteiger partial charge in [-0.15, -0.1) is 0 Å². The maximum absolute atomic E-state index is 13.2. The van der Waals surface area contributed by atoms with Gasteiger partial charge in [0.25, 0.3) is 10.0 Å². The van der Waals surface area contributed by atoms with Gasteiger partial charge in [-0.05, 0) is 35.9 Å². The van der Waals surface area contributed by atoms with Crippen molar-refractivity contribution >= 4 is 10.0 Å². The molecule has 0 N–H and O–H groups in total. The van der Waals surface area contributed by atoms with Crippen molar-refractivity contribution in [2.75, 3.05) is 0 Å². The summed E-state index contributed by atoms with van der Waals surface area (Å²) in [5.74, 6) is 1.19. The van der Waals surface area contributed by atoms with Crippen LogP contribution in [0.3, 0.4) is 0 Å². The van der Waals surface area contributed by atoms with Gasteiger partial charge in [-0.25, -0.2) is 12.4 Å². The highest BCUT2D eigenvalue weighted by molar-refractivity contribution is 7.90. The molecule has 152 valence electrons. The standard InChI is InChI=1S/C26H19NO3S/c28-31(29,22-15-8-3-9-16-22)27-18-10-17-24(27)25-19-23(20-11-4-1-5-12-20)26(30-25)21-13-6-2-7-14-21/h1-19H. The van der Waals surface area contributed by atoms with E-state index in [2.05, 4.69) is 0 Å². The monoisotopic (exact) mass is 425 g/mol. The van der Waals surface area contributed by atoms with Gasteiger partial charge >= 0.3 is 0 Å². The molecule has 0 radical (unpaired) electrons. The van der Waals surface area contributed by atoms with Gasteiger partial charge in [-0.1, -0.05) is 78.9 Å². The van der Waals surface area contributed by atoms with Crippen LogP contribution < -0.4 is 0 Å². The van der Waals surface area contributed by atoms with Crippen LogP contribution in [0.25, 0.3) is 33.9 Å². The average Bonchev–Trinajstić information content (AvgIpc) is 3.49. The highest BCUT2D eigenvalue weighted by Gasteiger charge is 2.23. The van der Waals surface area contributed by atoms with Crippen LogP contribution in [0.1, 0.15) is 0 Å². The largest absolute Gasteiger partial charge is 0.454 e. The van der Waals surface area contributed by atoms with Crippen LogP contribution in [0.15, 0.2) is 125 Å². The molecule has 0 unspecified atom stereocenters. The lowest BCUT2D eigenvalue weighted by Gasteiger charge is -2.09. The number of benzene rings is 3. The first-order chi connectivity index (χ1) is 15.1. The molecule has 0 saturated carbocycles. The summed E-state index contributed by atoms with van der Waals surface area (Å²) in [4.78, 5) is 0.227. The summed E-state index contributed by atoms with van der Waals surface area (Å²) in [6.45, 7) is 0. The molecule has 0 spiro atoms. The fourth-order valence-electron chi connectivity index (χ4n) is 3.63. The highest BCUT2D eigenvalue weighted by Crippen LogP contribution is 2.39. The first-order valence-corrected chi connectivity index (χ1v) is 11.3. The molecule has 2 aromatic heterocycles. The van der Waals surface area contributed by atoms with E-state index < -0.39 is 10.0 Å². The summed E-state index contributed by atoms with van der Waals surface area (Å²) in [5, 5.41) is 0. The molecule has 0 saturated heterocycles. The fourth-order valence-corrected chi connectivity index (χ4v) is 4.99. The lowest BCUT2D eigenvalue weighted by Crippen LogP contribution is -2.12. The molecule has 31 heavy (non-hydrogen) atoms. The van der Waals surface area contributed by atoms with Gasteiger partial charge in [0.15, 0.2) is 5.76 Å². The zero-order valence-corrected chi connectivity index (χ0v) is 17.4. The summed E-state index contributed by atoms with van der Waals surface area (Å²) in [6, 6.07) is 33.5. The molecule has 5 rings (SSSR count). The van der Waals surface area contributed by atoms with E-state index in [1.165, 1.54) is 3.97 Å². The van der Waals surface area contributed by atoms with E-state index in [0.717, 1.165) is 16.7 Å². The number of hydrogen-bond acceptors (Lipinski definition) is 3. The van der Waals surface area contributed by atoms with Gasteiger partial charge in [0.2, 0.25) is 0 Å². The quantitative estimate of drug-likeness (QED) is 0.331. The van der Waals surface area contributed by atoms with Crippen molar-refractivity contribution in [1.82, 2.24) is 3.97 Å². The molecule has 2 heterocycles. The Morgan fingerprint density at radius 1 is 0.645 bits per heavy atom. The molecule has 0 fully saturated rings. The minimum absolute atomic E-state index is 0.227. The molecule has 5 heteroatoms. The summed E-state index contributed by atoms with van der Waals surface area (Å²) in [7, 11) is -3.75. The van der Waals surface area contributed by atoms with E-state index in [4.69, 9.17) is 4.42 Å². The molecule has 3 aromatic carbocycles. The predicted molar refractivity (Wildman–Crippen MR) is 122 cm³/mol. The SMILES string of the molecule is O=S(=O)(c1ccccc1)n1cccc1-c1cc(-c2ccccc2)c(-c2ccccc2)o1. The Morgan fingerprint density at radius 3 is 1.87 bits per heavy atom. The van der Waals surface area contributed by atoms with Crippen molar-refractivity contribution in [3.63, 3.8) is 0 Å². The number of furan rings is 1. The van der Waals surface area contributed by atoms with E-state index in [0.29, 0.717) is 17.2 Å². The van der Waals surface area contributed by atoms with E-state index in [1.807, 2.05) is 66.7 Å². The number of hydrogen-bond donors (Lipinski definition) is 0. The molecule has 0 aliphatic heterocycles. The Kier molecular flexibility index (Phi) is 4.81. The van der Waals surface area contributed by atoms with Gasteiger partial charge in [0.1, 0.15) is 5.76 Å². The highest BCUT2D eigenvalue weighted by atomic mass is 32.2. The van der Waals surface area contributed by atoms with Crippen molar-refractivity contribution in [3.8, 4) is 33.9 Å². The lowest BCUT2D eigenvalue weighted by atomic mass is 10.0. The third-order valence-corrected chi connectivity index (χ3v) is 6.82. The molecule has 0 aliphatic carbocycles. The molecule has 0 aliphatic rings. The van der Waals surface area contributed by atoms with E-state index in [1.54, 1.807) is 48.7 Å². The summed E-state index contributed by atoms with van der Waals surface area (Å²) in [5.41, 5.74) is 3.31. The third-order valence-electron chi connectivity index (χ3n) is 5.12. The van der Waals surface area contributed by atoms with E-state index in [-0.39, 0.29) is 4.90 Å². The number of aromatic nitrogens is 1. The smallest absolute Gasteiger partial charge is 0.268 e. The fraction of sp³-hybridized carbons (Fsp3) is 0. The van der Waals surface area contributed by atoms with Crippen LogP contribution in [0.4, 0.5) is 0 Å². The minimum Gasteiger partial charge on any atom is -0.454 e. The molecule has 0 bridgehead atoms. The van der Waals surface area contributed by atoms with E-state index in [9.17, 15) is 8.42 Å². The Hall–Kier alpha value is -3.83. The van der Waals surface area contributed by atoms with Crippen molar-refractivity contribution in [2.45, 2.75) is 4.90 Å². The maximum atomic E-state index is 13.2. The number of rotatable bonds is 5. The van der Waals surface area contributed by atoms with Crippen LogP contribution in [-0.2, 0) is 10.0 Å². The minimum atomic E-state index is -3.75. The molecule has 0 atom stereocenters. The first kappa shape index (κ1) is 19.2. The second-order valence-electron chi connectivity index (χ2n) is 7.09. The van der Waals surface area contributed by atoms with Crippen LogP contribution in [0, 0.1) is 0 Å². The second kappa shape index (κ2) is 7.78. The van der Waals surface area contributed by atoms with Crippen molar-refractivity contribution in [3.05, 3.63) is 115 Å². The normalized spacial score (nSPS) is 11.5. The summed E-state index contributed by atoms with van der Waals surface area (Å²) < 4.78 is 34.0. The van der Waals surface area contributed by atoms with Crippen molar-refractivity contribution in [1.29, 1.82) is 0 Å². The Balaban J connectivity index is 1.69. The summed E-state index contributed by atoms with van der Waals surface area (Å²) in [6.07, 6.45) is 1.55. The lowest BCUT2D eigenvalue weighted by molar-refractivity contribution is 0.579. The predicted octanol–water partition coefficient (Wildman–Crippen LogP) is 6.32. The molecular formula is C26H19NO3S. The van der Waals surface area contributed by atoms with Gasteiger partial charge in [0.05, 0.1) is 10.6 Å². The van der Waals surface area contributed by atoms with Crippen LogP contribution >= 0.6 is 0 Å². The van der Waals surface area contributed by atoms with E-state index >= 15 is 0 Å². The number of nitrogens with zero attached hydrogens (tertiary/aromatic N) is 1. The van der Waals surface area contributed by atoms with Gasteiger partial charge in [0, 0.05) is 17.3 Å². The topological polar surface area (TPSA) is 52.2 Å². The van der Waals surface area contributed by atoms with Gasteiger partial charge < -0.3 is 4.42 Å². The Morgan fingerprint density at radius 2 is 1.23 bits per heavy atom. The van der Waals surface area contributed by atoms with Crippen molar-refractivity contribution < 1.29 is 12.8 Å². The van der Waals surface area contributed by atoms with Gasteiger partial charge in [-0.3, -0.25) is 0 Å². The van der Waals surface area contributed by atoms with Crippen LogP contribution in [0.2, 0.25) is 0 Å². The third kappa shape index (κ3) is 3.49. The maximum Gasteiger partial charge on any atom is 0.268 e. The molecular weight excluding hydrogens is 406 g/mol. The average molecular weight is 426 g/mol. The zero-order valence-electron chi connectivity index (χ0n) is 16.5. The summed E-state index contributed by atoms with van der Waals surface area (Å²) >= 11 is 0.